The number of carbonyl (C=O) groups excluding carboxylic acids is 3. The third kappa shape index (κ3) is 38.3. The van der Waals surface area contributed by atoms with Gasteiger partial charge in [-0.3, -0.25) is 9.59 Å². The van der Waals surface area contributed by atoms with Gasteiger partial charge in [-0.1, -0.05) is 164 Å². The molecule has 0 aromatic rings. The molecule has 0 fully saturated rings. The van der Waals surface area contributed by atoms with E-state index >= 15 is 0 Å². The van der Waals surface area contributed by atoms with Gasteiger partial charge in [0, 0.05) is 19.3 Å². The van der Waals surface area contributed by atoms with E-state index in [1.54, 1.807) is 21.1 Å². The molecule has 0 radical (unpaired) electrons. The molecular formula is C50H85NO7. The van der Waals surface area contributed by atoms with Crippen LogP contribution in [0.3, 0.4) is 0 Å². The van der Waals surface area contributed by atoms with Crippen LogP contribution in [0.1, 0.15) is 174 Å². The molecule has 0 saturated carbocycles. The maximum Gasteiger partial charge on any atom is 0.306 e. The zero-order chi connectivity index (χ0) is 42.8. The average molecular weight is 812 g/mol. The van der Waals surface area contributed by atoms with Crippen LogP contribution < -0.4 is 5.11 Å². The van der Waals surface area contributed by atoms with Gasteiger partial charge in [0.25, 0.3) is 0 Å². The molecule has 58 heavy (non-hydrogen) atoms. The van der Waals surface area contributed by atoms with Crippen LogP contribution in [0.4, 0.5) is 0 Å². The van der Waals surface area contributed by atoms with Crippen LogP contribution in [0.15, 0.2) is 72.9 Å². The van der Waals surface area contributed by atoms with Gasteiger partial charge in [-0.05, 0) is 64.2 Å². The summed E-state index contributed by atoms with van der Waals surface area (Å²) >= 11 is 0. The number of carboxylic acids is 1. The lowest BCUT2D eigenvalue weighted by molar-refractivity contribution is -0.889. The lowest BCUT2D eigenvalue weighted by atomic mass is 10.1. The summed E-state index contributed by atoms with van der Waals surface area (Å²) in [5.74, 6) is -1.76. The number of hydrogen-bond acceptors (Lipinski definition) is 7. The Bertz CT molecular complexity index is 1180. The Morgan fingerprint density at radius 1 is 0.534 bits per heavy atom. The highest BCUT2D eigenvalue weighted by Gasteiger charge is 2.25. The lowest BCUT2D eigenvalue weighted by Crippen LogP contribution is -2.55. The highest BCUT2D eigenvalue weighted by atomic mass is 16.6. The molecule has 8 nitrogen and oxygen atoms in total. The van der Waals surface area contributed by atoms with Crippen molar-refractivity contribution in [2.45, 2.75) is 187 Å². The van der Waals surface area contributed by atoms with E-state index in [0.29, 0.717) is 12.8 Å². The maximum absolute atomic E-state index is 12.7. The largest absolute Gasteiger partial charge is 0.544 e. The molecular weight excluding hydrogens is 727 g/mol. The molecule has 0 saturated heterocycles. The Hall–Kier alpha value is -3.23. The van der Waals surface area contributed by atoms with Crippen molar-refractivity contribution < 1.29 is 38.2 Å². The normalized spacial score (nSPS) is 13.6. The van der Waals surface area contributed by atoms with Gasteiger partial charge >= 0.3 is 11.9 Å². The fourth-order valence-corrected chi connectivity index (χ4v) is 6.38. The van der Waals surface area contributed by atoms with Crippen molar-refractivity contribution in [2.75, 3.05) is 41.0 Å². The number of quaternary nitrogens is 1. The molecule has 2 unspecified atom stereocenters. The number of ether oxygens (including phenoxy) is 3. The third-order valence-corrected chi connectivity index (χ3v) is 9.90. The van der Waals surface area contributed by atoms with Crippen LogP contribution in [-0.4, -0.2) is 75.5 Å². The van der Waals surface area contributed by atoms with Crippen molar-refractivity contribution in [3.8, 4) is 0 Å². The first-order chi connectivity index (χ1) is 28.1. The molecule has 0 aliphatic carbocycles. The van der Waals surface area contributed by atoms with E-state index in [9.17, 15) is 19.5 Å². The smallest absolute Gasteiger partial charge is 0.306 e. The molecule has 2 atom stereocenters. The summed E-state index contributed by atoms with van der Waals surface area (Å²) in [6.45, 7) is 4.40. The summed E-state index contributed by atoms with van der Waals surface area (Å²) in [6, 6.07) is -0.732. The molecule has 0 aliphatic heterocycles. The Morgan fingerprint density at radius 2 is 1.00 bits per heavy atom. The van der Waals surface area contributed by atoms with E-state index < -0.39 is 18.1 Å². The van der Waals surface area contributed by atoms with Crippen LogP contribution in [0.5, 0.6) is 0 Å². The fourth-order valence-electron chi connectivity index (χ4n) is 6.38. The first-order valence-corrected chi connectivity index (χ1v) is 23.0. The topological polar surface area (TPSA) is 102 Å². The minimum Gasteiger partial charge on any atom is -0.544 e. The minimum atomic E-state index is -1.13. The van der Waals surface area contributed by atoms with Crippen molar-refractivity contribution in [2.24, 2.45) is 0 Å². The predicted octanol–water partition coefficient (Wildman–Crippen LogP) is 11.4. The quantitative estimate of drug-likeness (QED) is 0.0200. The molecule has 0 bridgehead atoms. The Balaban J connectivity index is 4.32. The number of esters is 2. The number of carboxylic acid groups (broad SMARTS) is 1. The number of carbonyl (C=O) groups is 3. The summed E-state index contributed by atoms with van der Waals surface area (Å²) in [4.78, 5) is 36.9. The second-order valence-corrected chi connectivity index (χ2v) is 16.3. The Labute approximate surface area is 355 Å². The molecule has 0 aromatic carbocycles. The third-order valence-electron chi connectivity index (χ3n) is 9.90. The van der Waals surface area contributed by atoms with E-state index in [0.717, 1.165) is 83.5 Å². The van der Waals surface area contributed by atoms with E-state index in [2.05, 4.69) is 86.8 Å². The van der Waals surface area contributed by atoms with Crippen molar-refractivity contribution in [1.29, 1.82) is 0 Å². The number of unbranched alkanes of at least 4 members (excludes halogenated alkanes) is 16. The Kier molecular flexibility index (Phi) is 38.3. The van der Waals surface area contributed by atoms with E-state index in [1.807, 2.05) is 0 Å². The summed E-state index contributed by atoms with van der Waals surface area (Å²) in [5.41, 5.74) is 0. The van der Waals surface area contributed by atoms with Crippen LogP contribution in [0.2, 0.25) is 0 Å². The SMILES string of the molecule is CC/C=C/C=C/C=C/CCCCCCCCCC(=O)OC(COCCC(C(=O)[O-])[N+](C)(C)C)COC(=O)CCCCCCCCCCC/C=C/C/C=C/C/C=C/CC. The number of rotatable bonds is 40. The van der Waals surface area contributed by atoms with Crippen LogP contribution in [-0.2, 0) is 28.6 Å². The number of likely N-dealkylation sites (N-methyl/N-ethyl adjacent to an activating group) is 1. The average Bonchev–Trinajstić information content (AvgIpc) is 3.18. The van der Waals surface area contributed by atoms with Gasteiger partial charge in [-0.2, -0.15) is 0 Å². The first-order valence-electron chi connectivity index (χ1n) is 23.0. The molecule has 0 spiro atoms. The summed E-state index contributed by atoms with van der Waals surface area (Å²) in [6.07, 6.45) is 50.6. The molecule has 0 amide bonds. The van der Waals surface area contributed by atoms with E-state index in [4.69, 9.17) is 14.2 Å². The van der Waals surface area contributed by atoms with Gasteiger partial charge in [-0.25, -0.2) is 0 Å². The first kappa shape index (κ1) is 54.8. The number of nitrogens with zero attached hydrogens (tertiary/aromatic N) is 1. The van der Waals surface area contributed by atoms with E-state index in [1.165, 1.54) is 57.8 Å². The summed E-state index contributed by atoms with van der Waals surface area (Å²) in [7, 11) is 5.40. The van der Waals surface area contributed by atoms with Gasteiger partial charge in [0.1, 0.15) is 12.6 Å². The second-order valence-electron chi connectivity index (χ2n) is 16.3. The molecule has 0 N–H and O–H groups in total. The highest BCUT2D eigenvalue weighted by Crippen LogP contribution is 2.14. The molecule has 0 heterocycles. The molecule has 8 heteroatoms. The highest BCUT2D eigenvalue weighted by molar-refractivity contribution is 5.70. The number of allylic oxidation sites excluding steroid dienone is 12. The molecule has 0 aliphatic rings. The van der Waals surface area contributed by atoms with E-state index in [-0.39, 0.29) is 42.7 Å². The van der Waals surface area contributed by atoms with Gasteiger partial charge in [0.05, 0.1) is 40.3 Å². The molecule has 0 aromatic heterocycles. The Morgan fingerprint density at radius 3 is 1.53 bits per heavy atom. The van der Waals surface area contributed by atoms with Crippen LogP contribution in [0, 0.1) is 0 Å². The molecule has 0 rings (SSSR count). The summed E-state index contributed by atoms with van der Waals surface area (Å²) in [5, 5.41) is 11.6. The zero-order valence-electron chi connectivity index (χ0n) is 37.7. The maximum atomic E-state index is 12.7. The van der Waals surface area contributed by atoms with Crippen molar-refractivity contribution >= 4 is 17.9 Å². The molecule has 332 valence electrons. The van der Waals surface area contributed by atoms with Gasteiger partial charge < -0.3 is 28.6 Å². The van der Waals surface area contributed by atoms with Crippen molar-refractivity contribution in [3.05, 3.63) is 72.9 Å². The predicted molar refractivity (Wildman–Crippen MR) is 240 cm³/mol. The van der Waals surface area contributed by atoms with Crippen LogP contribution in [0.25, 0.3) is 0 Å². The second kappa shape index (κ2) is 40.5. The van der Waals surface area contributed by atoms with Gasteiger partial charge in [-0.15, -0.1) is 0 Å². The van der Waals surface area contributed by atoms with Crippen LogP contribution >= 0.6 is 0 Å². The zero-order valence-corrected chi connectivity index (χ0v) is 37.7. The summed E-state index contributed by atoms with van der Waals surface area (Å²) < 4.78 is 17.2. The monoisotopic (exact) mass is 812 g/mol. The lowest BCUT2D eigenvalue weighted by Gasteiger charge is -2.34. The van der Waals surface area contributed by atoms with Crippen molar-refractivity contribution in [3.63, 3.8) is 0 Å². The number of hydrogen-bond donors (Lipinski definition) is 0. The van der Waals surface area contributed by atoms with Gasteiger partial charge in [0.2, 0.25) is 0 Å². The van der Waals surface area contributed by atoms with Crippen molar-refractivity contribution in [1.82, 2.24) is 0 Å². The number of aliphatic carboxylic acids is 1. The van der Waals surface area contributed by atoms with Gasteiger partial charge in [0.15, 0.2) is 6.10 Å². The minimum absolute atomic E-state index is 0.0308. The fraction of sp³-hybridized carbons (Fsp3) is 0.700. The standard InChI is InChI=1S/C50H85NO7/c1-6-8-10-12-14-16-18-20-22-23-24-25-27-28-30-32-34-36-38-40-48(52)57-45-46(44-56-43-42-47(50(54)55)51(3,4)5)58-49(53)41-39-37-35-33-31-29-26-21-19-17-15-13-11-9-7-2/h8-11,13-17,19-20,22,46-47H,6-7,12,18,21,23-45H2,1-5H3/b10-8+,11-9+,15-13+,16-14+,19-17+,22-20+.